The highest BCUT2D eigenvalue weighted by Gasteiger charge is 2.16. The molecule has 0 aliphatic carbocycles. The predicted octanol–water partition coefficient (Wildman–Crippen LogP) is 3.02. The number of benzene rings is 1. The summed E-state index contributed by atoms with van der Waals surface area (Å²) in [5.41, 5.74) is 0.687. The summed E-state index contributed by atoms with van der Waals surface area (Å²) in [4.78, 5) is 0. The summed E-state index contributed by atoms with van der Waals surface area (Å²) in [5.74, 6) is 0.832. The maximum Gasteiger partial charge on any atom is 0.123 e. The lowest BCUT2D eigenvalue weighted by Gasteiger charge is -2.24. The molecule has 0 amide bonds. The van der Waals surface area contributed by atoms with E-state index in [0.29, 0.717) is 18.2 Å². The zero-order valence-corrected chi connectivity index (χ0v) is 12.6. The molecule has 3 nitrogen and oxygen atoms in total. The SMILES string of the molecule is CCOc1ccc(Cl)cc1CNC(C)(C)CO.Cl. The summed E-state index contributed by atoms with van der Waals surface area (Å²) in [7, 11) is 0. The number of rotatable bonds is 6. The molecule has 0 unspecified atom stereocenters. The van der Waals surface area contributed by atoms with Crippen molar-refractivity contribution in [1.82, 2.24) is 5.32 Å². The summed E-state index contributed by atoms with van der Waals surface area (Å²) in [5, 5.41) is 13.1. The number of aliphatic hydroxyl groups excluding tert-OH is 1. The highest BCUT2D eigenvalue weighted by Crippen LogP contribution is 2.23. The van der Waals surface area contributed by atoms with Crippen LogP contribution in [0.5, 0.6) is 5.75 Å². The molecule has 0 fully saturated rings. The van der Waals surface area contributed by atoms with Gasteiger partial charge in [-0.15, -0.1) is 12.4 Å². The van der Waals surface area contributed by atoms with Crippen LogP contribution in [0.2, 0.25) is 5.02 Å². The first kappa shape index (κ1) is 17.5. The molecule has 18 heavy (non-hydrogen) atoms. The summed E-state index contributed by atoms with van der Waals surface area (Å²) < 4.78 is 5.53. The zero-order chi connectivity index (χ0) is 12.9. The van der Waals surface area contributed by atoms with Crippen LogP contribution >= 0.6 is 24.0 Å². The lowest BCUT2D eigenvalue weighted by Crippen LogP contribution is -2.42. The third-order valence-electron chi connectivity index (χ3n) is 2.48. The van der Waals surface area contributed by atoms with Crippen LogP contribution in [0.1, 0.15) is 26.3 Å². The van der Waals surface area contributed by atoms with Crippen molar-refractivity contribution in [2.45, 2.75) is 32.9 Å². The summed E-state index contributed by atoms with van der Waals surface area (Å²) in [6.45, 7) is 7.15. The molecule has 104 valence electrons. The number of halogens is 2. The lowest BCUT2D eigenvalue weighted by atomic mass is 10.1. The van der Waals surface area contributed by atoms with Crippen LogP contribution in [0.15, 0.2) is 18.2 Å². The fourth-order valence-electron chi connectivity index (χ4n) is 1.37. The Kier molecular flexibility index (Phi) is 7.64. The first-order chi connectivity index (χ1) is 7.98. The van der Waals surface area contributed by atoms with Gasteiger partial charge >= 0.3 is 0 Å². The van der Waals surface area contributed by atoms with Crippen LogP contribution in [0, 0.1) is 0 Å². The first-order valence-corrected chi connectivity index (χ1v) is 6.13. The number of aliphatic hydroxyl groups is 1. The van der Waals surface area contributed by atoms with Gasteiger partial charge in [-0.1, -0.05) is 11.6 Å². The summed E-state index contributed by atoms with van der Waals surface area (Å²) in [6, 6.07) is 5.56. The molecule has 0 saturated heterocycles. The van der Waals surface area contributed by atoms with E-state index in [-0.39, 0.29) is 24.6 Å². The molecule has 1 rings (SSSR count). The molecule has 0 atom stereocenters. The van der Waals surface area contributed by atoms with E-state index >= 15 is 0 Å². The van der Waals surface area contributed by atoms with Gasteiger partial charge in [0.05, 0.1) is 13.2 Å². The highest BCUT2D eigenvalue weighted by molar-refractivity contribution is 6.30. The molecule has 0 aromatic heterocycles. The molecule has 0 saturated carbocycles. The van der Waals surface area contributed by atoms with Crippen LogP contribution in [0.25, 0.3) is 0 Å². The predicted molar refractivity (Wildman–Crippen MR) is 77.9 cm³/mol. The molecule has 1 aromatic carbocycles. The Labute approximate surface area is 120 Å². The van der Waals surface area contributed by atoms with E-state index in [1.54, 1.807) is 0 Å². The van der Waals surface area contributed by atoms with Gasteiger partial charge in [0.15, 0.2) is 0 Å². The Balaban J connectivity index is 0.00000289. The van der Waals surface area contributed by atoms with E-state index in [1.807, 2.05) is 39.0 Å². The van der Waals surface area contributed by atoms with Gasteiger partial charge in [-0.05, 0) is 39.0 Å². The average Bonchev–Trinajstić information content (AvgIpc) is 2.30. The van der Waals surface area contributed by atoms with Crippen LogP contribution in [0.4, 0.5) is 0 Å². The van der Waals surface area contributed by atoms with Crippen molar-refractivity contribution >= 4 is 24.0 Å². The Morgan fingerprint density at radius 2 is 2.06 bits per heavy atom. The van der Waals surface area contributed by atoms with Crippen molar-refractivity contribution < 1.29 is 9.84 Å². The number of ether oxygens (including phenoxy) is 1. The normalized spacial score (nSPS) is 10.9. The lowest BCUT2D eigenvalue weighted by molar-refractivity contribution is 0.187. The Bertz CT molecular complexity index is 370. The largest absolute Gasteiger partial charge is 0.494 e. The van der Waals surface area contributed by atoms with E-state index in [2.05, 4.69) is 5.32 Å². The van der Waals surface area contributed by atoms with Gasteiger partial charge in [-0.25, -0.2) is 0 Å². The van der Waals surface area contributed by atoms with Gasteiger partial charge in [0, 0.05) is 22.7 Å². The molecule has 0 aliphatic rings. The maximum absolute atomic E-state index is 9.18. The van der Waals surface area contributed by atoms with Crippen LogP contribution < -0.4 is 10.1 Å². The average molecular weight is 294 g/mol. The molecule has 0 radical (unpaired) electrons. The van der Waals surface area contributed by atoms with E-state index in [9.17, 15) is 5.11 Å². The number of hydrogen-bond donors (Lipinski definition) is 2. The van der Waals surface area contributed by atoms with Crippen molar-refractivity contribution in [2.24, 2.45) is 0 Å². The Hall–Kier alpha value is -0.480. The quantitative estimate of drug-likeness (QED) is 0.847. The van der Waals surface area contributed by atoms with E-state index in [4.69, 9.17) is 16.3 Å². The molecule has 2 N–H and O–H groups in total. The van der Waals surface area contributed by atoms with E-state index in [0.717, 1.165) is 11.3 Å². The molecule has 1 aromatic rings. The van der Waals surface area contributed by atoms with Crippen molar-refractivity contribution in [2.75, 3.05) is 13.2 Å². The monoisotopic (exact) mass is 293 g/mol. The zero-order valence-electron chi connectivity index (χ0n) is 11.0. The molecule has 0 bridgehead atoms. The third-order valence-corrected chi connectivity index (χ3v) is 2.71. The molecule has 0 spiro atoms. The van der Waals surface area contributed by atoms with Crippen LogP contribution in [-0.4, -0.2) is 23.9 Å². The van der Waals surface area contributed by atoms with Crippen molar-refractivity contribution in [3.05, 3.63) is 28.8 Å². The van der Waals surface area contributed by atoms with Gasteiger partial charge < -0.3 is 15.2 Å². The minimum Gasteiger partial charge on any atom is -0.494 e. The summed E-state index contributed by atoms with van der Waals surface area (Å²) >= 11 is 5.97. The topological polar surface area (TPSA) is 41.5 Å². The Morgan fingerprint density at radius 1 is 1.39 bits per heavy atom. The molecular formula is C13H21Cl2NO2. The van der Waals surface area contributed by atoms with Crippen molar-refractivity contribution in [3.8, 4) is 5.75 Å². The van der Waals surface area contributed by atoms with Gasteiger partial charge in [-0.2, -0.15) is 0 Å². The number of nitrogens with one attached hydrogen (secondary N) is 1. The second-order valence-electron chi connectivity index (χ2n) is 4.58. The van der Waals surface area contributed by atoms with E-state index in [1.165, 1.54) is 0 Å². The number of hydrogen-bond acceptors (Lipinski definition) is 3. The van der Waals surface area contributed by atoms with Crippen LogP contribution in [-0.2, 0) is 6.54 Å². The van der Waals surface area contributed by atoms with Gasteiger partial charge in [0.25, 0.3) is 0 Å². The molecular weight excluding hydrogens is 273 g/mol. The van der Waals surface area contributed by atoms with Crippen LogP contribution in [0.3, 0.4) is 0 Å². The fourth-order valence-corrected chi connectivity index (χ4v) is 1.57. The second-order valence-corrected chi connectivity index (χ2v) is 5.02. The third kappa shape index (κ3) is 5.44. The van der Waals surface area contributed by atoms with Gasteiger partial charge in [0.2, 0.25) is 0 Å². The van der Waals surface area contributed by atoms with Crippen molar-refractivity contribution in [1.29, 1.82) is 0 Å². The van der Waals surface area contributed by atoms with E-state index < -0.39 is 0 Å². The molecule has 0 aliphatic heterocycles. The molecule has 0 heterocycles. The highest BCUT2D eigenvalue weighted by atomic mass is 35.5. The minimum atomic E-state index is -0.314. The smallest absolute Gasteiger partial charge is 0.123 e. The standard InChI is InChI=1S/C13H20ClNO2.ClH/c1-4-17-12-6-5-11(14)7-10(12)8-15-13(2,3)9-16;/h5-7,15-16H,4,8-9H2,1-3H3;1H. The summed E-state index contributed by atoms with van der Waals surface area (Å²) in [6.07, 6.45) is 0. The first-order valence-electron chi connectivity index (χ1n) is 5.75. The maximum atomic E-state index is 9.18. The van der Waals surface area contributed by atoms with Gasteiger partial charge in [0.1, 0.15) is 5.75 Å². The Morgan fingerprint density at radius 3 is 2.61 bits per heavy atom. The second kappa shape index (κ2) is 7.85. The van der Waals surface area contributed by atoms with Crippen molar-refractivity contribution in [3.63, 3.8) is 0 Å². The minimum absolute atomic E-state index is 0. The fraction of sp³-hybridized carbons (Fsp3) is 0.538. The van der Waals surface area contributed by atoms with Gasteiger partial charge in [-0.3, -0.25) is 0 Å². The molecule has 5 heteroatoms.